The summed E-state index contributed by atoms with van der Waals surface area (Å²) in [5.74, 6) is -0.993. The maximum Gasteiger partial charge on any atom is 0.411 e. The molecule has 0 aliphatic carbocycles. The third-order valence-electron chi connectivity index (χ3n) is 4.47. The van der Waals surface area contributed by atoms with Crippen molar-refractivity contribution >= 4 is 12.1 Å². The van der Waals surface area contributed by atoms with E-state index in [1.54, 1.807) is 0 Å². The topological polar surface area (TPSA) is 66.8 Å². The van der Waals surface area contributed by atoms with Crippen LogP contribution in [0.3, 0.4) is 0 Å². The van der Waals surface area contributed by atoms with E-state index in [0.717, 1.165) is 24.8 Å². The molecule has 1 aliphatic rings. The minimum atomic E-state index is -0.993. The molecular weight excluding hydrogens is 306 g/mol. The number of benzene rings is 1. The Morgan fingerprint density at radius 1 is 1.12 bits per heavy atom. The molecule has 2 atom stereocenters. The van der Waals surface area contributed by atoms with E-state index in [1.807, 2.05) is 30.3 Å². The van der Waals surface area contributed by atoms with Gasteiger partial charge in [-0.2, -0.15) is 0 Å². The van der Waals surface area contributed by atoms with Crippen molar-refractivity contribution in [3.63, 3.8) is 0 Å². The van der Waals surface area contributed by atoms with Crippen LogP contribution < -0.4 is 0 Å². The van der Waals surface area contributed by atoms with Crippen LogP contribution in [-0.2, 0) is 16.1 Å². The molecule has 0 bridgehead atoms. The van der Waals surface area contributed by atoms with E-state index in [0.29, 0.717) is 6.42 Å². The fraction of sp³-hybridized carbons (Fsp3) is 0.579. The van der Waals surface area contributed by atoms with Crippen molar-refractivity contribution in [2.75, 3.05) is 0 Å². The first-order chi connectivity index (χ1) is 11.6. The summed E-state index contributed by atoms with van der Waals surface area (Å²) in [5.41, 5.74) is 0.904. The number of carboxylic acid groups (broad SMARTS) is 1. The van der Waals surface area contributed by atoms with Gasteiger partial charge in [0.05, 0.1) is 6.54 Å². The van der Waals surface area contributed by atoms with Gasteiger partial charge in [-0.25, -0.2) is 9.59 Å². The van der Waals surface area contributed by atoms with E-state index in [9.17, 15) is 14.7 Å². The van der Waals surface area contributed by atoms with Crippen LogP contribution in [0.15, 0.2) is 30.3 Å². The van der Waals surface area contributed by atoms with Gasteiger partial charge in [0, 0.05) is 0 Å². The van der Waals surface area contributed by atoms with Gasteiger partial charge in [-0.05, 0) is 18.4 Å². The number of hydrogen-bond acceptors (Lipinski definition) is 3. The number of rotatable bonds is 10. The fourth-order valence-corrected chi connectivity index (χ4v) is 3.15. The molecule has 1 aromatic carbocycles. The van der Waals surface area contributed by atoms with Gasteiger partial charge in [-0.3, -0.25) is 4.90 Å². The molecule has 1 amide bonds. The molecule has 0 saturated carbocycles. The smallest absolute Gasteiger partial charge is 0.411 e. The van der Waals surface area contributed by atoms with Crippen molar-refractivity contribution < 1.29 is 19.4 Å². The molecule has 24 heavy (non-hydrogen) atoms. The number of carboxylic acids is 1. The van der Waals surface area contributed by atoms with Gasteiger partial charge in [-0.1, -0.05) is 69.4 Å². The molecule has 2 rings (SSSR count). The molecule has 0 radical (unpaired) electrons. The Balaban J connectivity index is 1.90. The van der Waals surface area contributed by atoms with Crippen molar-refractivity contribution in [1.82, 2.24) is 4.90 Å². The lowest BCUT2D eigenvalue weighted by atomic mass is 10.0. The van der Waals surface area contributed by atoms with Gasteiger partial charge in [-0.15, -0.1) is 0 Å². The van der Waals surface area contributed by atoms with Crippen LogP contribution in [-0.4, -0.2) is 34.2 Å². The molecule has 1 heterocycles. The van der Waals surface area contributed by atoms with Crippen LogP contribution in [0.5, 0.6) is 0 Å². The molecule has 0 unspecified atom stereocenters. The molecule has 132 valence electrons. The first-order valence-electron chi connectivity index (χ1n) is 8.87. The summed E-state index contributed by atoms with van der Waals surface area (Å²) >= 11 is 0. The predicted molar refractivity (Wildman–Crippen MR) is 91.7 cm³/mol. The highest BCUT2D eigenvalue weighted by atomic mass is 16.6. The first kappa shape index (κ1) is 18.3. The van der Waals surface area contributed by atoms with Crippen molar-refractivity contribution in [2.24, 2.45) is 0 Å². The molecule has 1 N–H and O–H groups in total. The van der Waals surface area contributed by atoms with E-state index in [4.69, 9.17) is 4.74 Å². The quantitative estimate of drug-likeness (QED) is 0.651. The molecule has 0 aromatic heterocycles. The van der Waals surface area contributed by atoms with E-state index in [2.05, 4.69) is 6.92 Å². The third-order valence-corrected chi connectivity index (χ3v) is 4.47. The second kappa shape index (κ2) is 9.30. The van der Waals surface area contributed by atoms with Crippen molar-refractivity contribution in [2.45, 2.75) is 70.6 Å². The van der Waals surface area contributed by atoms with Gasteiger partial charge >= 0.3 is 12.1 Å². The molecule has 1 aromatic rings. The Hall–Kier alpha value is -2.04. The summed E-state index contributed by atoms with van der Waals surface area (Å²) in [6.45, 7) is 2.44. The molecule has 1 aliphatic heterocycles. The van der Waals surface area contributed by atoms with Gasteiger partial charge in [0.25, 0.3) is 0 Å². The van der Waals surface area contributed by atoms with Crippen LogP contribution in [0.1, 0.15) is 57.4 Å². The second-order valence-electron chi connectivity index (χ2n) is 6.38. The van der Waals surface area contributed by atoms with E-state index >= 15 is 0 Å². The largest absolute Gasteiger partial charge is 0.480 e. The van der Waals surface area contributed by atoms with Crippen molar-refractivity contribution in [3.8, 4) is 0 Å². The zero-order chi connectivity index (χ0) is 17.4. The minimum Gasteiger partial charge on any atom is -0.480 e. The average molecular weight is 333 g/mol. The second-order valence-corrected chi connectivity index (χ2v) is 6.38. The van der Waals surface area contributed by atoms with Crippen molar-refractivity contribution in [3.05, 3.63) is 35.9 Å². The minimum absolute atomic E-state index is 0.268. The lowest BCUT2D eigenvalue weighted by Crippen LogP contribution is -2.42. The van der Waals surface area contributed by atoms with E-state index in [1.165, 1.54) is 24.2 Å². The zero-order valence-corrected chi connectivity index (χ0v) is 14.3. The molecule has 1 saturated heterocycles. The van der Waals surface area contributed by atoms with Gasteiger partial charge in [0.15, 0.2) is 6.04 Å². The van der Waals surface area contributed by atoms with E-state index in [-0.39, 0.29) is 6.54 Å². The highest BCUT2D eigenvalue weighted by Crippen LogP contribution is 2.26. The fourth-order valence-electron chi connectivity index (χ4n) is 3.15. The highest BCUT2D eigenvalue weighted by molar-refractivity contribution is 5.83. The lowest BCUT2D eigenvalue weighted by Gasteiger charge is -2.21. The molecule has 5 heteroatoms. The number of ether oxygens (including phenoxy) is 1. The SMILES string of the molecule is CCCCCCCC[C@@H]1OC(=O)N(Cc2ccccc2)[C@H]1C(=O)O. The summed E-state index contributed by atoms with van der Waals surface area (Å²) in [7, 11) is 0. The Morgan fingerprint density at radius 2 is 1.79 bits per heavy atom. The summed E-state index contributed by atoms with van der Waals surface area (Å²) in [5, 5.41) is 9.55. The van der Waals surface area contributed by atoms with Crippen LogP contribution in [0.25, 0.3) is 0 Å². The maximum absolute atomic E-state index is 12.1. The van der Waals surface area contributed by atoms with Crippen molar-refractivity contribution in [1.29, 1.82) is 0 Å². The predicted octanol–water partition coefficient (Wildman–Crippen LogP) is 4.21. The number of unbranched alkanes of at least 4 members (excludes halogenated alkanes) is 5. The van der Waals surface area contributed by atoms with Gasteiger partial charge < -0.3 is 9.84 Å². The number of cyclic esters (lactones) is 1. The van der Waals surface area contributed by atoms with Crippen LogP contribution >= 0.6 is 0 Å². The summed E-state index contributed by atoms with van der Waals surface area (Å²) < 4.78 is 5.35. The normalized spacial score (nSPS) is 20.2. The molecule has 0 spiro atoms. The van der Waals surface area contributed by atoms with Crippen LogP contribution in [0.4, 0.5) is 4.79 Å². The number of carbonyl (C=O) groups is 2. The monoisotopic (exact) mass is 333 g/mol. The standard InChI is InChI=1S/C19H27NO4/c1-2-3-4-5-6-10-13-16-17(18(21)22)20(19(23)24-16)14-15-11-8-7-9-12-15/h7-9,11-12,16-17H,2-6,10,13-14H2,1H3,(H,21,22)/t16-,17+/m0/s1. The molecular formula is C19H27NO4. The summed E-state index contributed by atoms with van der Waals surface area (Å²) in [6, 6.07) is 8.51. The molecule has 1 fully saturated rings. The number of carbonyl (C=O) groups excluding carboxylic acids is 1. The zero-order valence-electron chi connectivity index (χ0n) is 14.3. The Kier molecular flexibility index (Phi) is 7.09. The Labute approximate surface area is 143 Å². The summed E-state index contributed by atoms with van der Waals surface area (Å²) in [4.78, 5) is 25.1. The van der Waals surface area contributed by atoms with E-state index < -0.39 is 24.2 Å². The third kappa shape index (κ3) is 4.98. The number of aliphatic carboxylic acids is 1. The number of amides is 1. The number of hydrogen-bond donors (Lipinski definition) is 1. The van der Waals surface area contributed by atoms with Crippen LogP contribution in [0, 0.1) is 0 Å². The molecule has 5 nitrogen and oxygen atoms in total. The van der Waals surface area contributed by atoms with Gasteiger partial charge in [0.2, 0.25) is 0 Å². The Bertz CT molecular complexity index is 531. The average Bonchev–Trinajstić information content (AvgIpc) is 2.87. The maximum atomic E-state index is 12.1. The lowest BCUT2D eigenvalue weighted by molar-refractivity contribution is -0.143. The number of nitrogens with zero attached hydrogens (tertiary/aromatic N) is 1. The summed E-state index contributed by atoms with van der Waals surface area (Å²) in [6.07, 6.45) is 6.29. The van der Waals surface area contributed by atoms with Gasteiger partial charge in [0.1, 0.15) is 6.10 Å². The Morgan fingerprint density at radius 3 is 2.46 bits per heavy atom. The first-order valence-corrected chi connectivity index (χ1v) is 8.87. The highest BCUT2D eigenvalue weighted by Gasteiger charge is 2.45. The van der Waals surface area contributed by atoms with Crippen LogP contribution in [0.2, 0.25) is 0 Å².